The van der Waals surface area contributed by atoms with Crippen molar-refractivity contribution in [2.24, 2.45) is 0 Å². The average Bonchev–Trinajstić information content (AvgIpc) is 1.77. The third-order valence-electron chi connectivity index (χ3n) is 1.14. The molecule has 1 atom stereocenters. The molecular weight excluding hydrogens is 104 g/mol. The summed E-state index contributed by atoms with van der Waals surface area (Å²) < 4.78 is 0. The molecule has 2 N–H and O–H groups in total. The van der Waals surface area contributed by atoms with E-state index in [2.05, 4.69) is 5.32 Å². The van der Waals surface area contributed by atoms with E-state index in [0.717, 1.165) is 6.54 Å². The Morgan fingerprint density at radius 1 is 1.88 bits per heavy atom. The maximum Gasteiger partial charge on any atom is 0.183 e. The summed E-state index contributed by atoms with van der Waals surface area (Å²) >= 11 is 0. The lowest BCUT2D eigenvalue weighted by Crippen LogP contribution is -2.43. The van der Waals surface area contributed by atoms with E-state index < -0.39 is 6.35 Å². The number of nitrogens with one attached hydrogen (secondary N) is 1. The molecule has 3 nitrogen and oxygen atoms in total. The van der Waals surface area contributed by atoms with Gasteiger partial charge in [0.2, 0.25) is 0 Å². The zero-order valence-electron chi connectivity index (χ0n) is 4.83. The largest absolute Gasteiger partial charge is 0.361 e. The first-order valence-corrected chi connectivity index (χ1v) is 2.61. The lowest BCUT2D eigenvalue weighted by atomic mass is 10.5. The van der Waals surface area contributed by atoms with Crippen LogP contribution in [0, 0.1) is 0 Å². The molecule has 0 spiro atoms. The molecule has 0 aromatic heterocycles. The Bertz CT molecular complexity index is 103. The van der Waals surface area contributed by atoms with Gasteiger partial charge in [0.25, 0.3) is 0 Å². The average molecular weight is 114 g/mol. The van der Waals surface area contributed by atoms with Gasteiger partial charge in [-0.3, -0.25) is 5.32 Å². The van der Waals surface area contributed by atoms with E-state index in [0.29, 0.717) is 0 Å². The van der Waals surface area contributed by atoms with Gasteiger partial charge in [-0.1, -0.05) is 6.08 Å². The molecule has 0 fully saturated rings. The number of aliphatic hydroxyl groups excluding tert-OH is 1. The van der Waals surface area contributed by atoms with Gasteiger partial charge in [0.15, 0.2) is 6.35 Å². The first-order chi connectivity index (χ1) is 3.80. The second kappa shape index (κ2) is 2.15. The summed E-state index contributed by atoms with van der Waals surface area (Å²) in [6.07, 6.45) is 3.30. The maximum absolute atomic E-state index is 8.94. The summed E-state index contributed by atoms with van der Waals surface area (Å²) in [6, 6.07) is 0. The predicted molar refractivity (Wildman–Crippen MR) is 30.9 cm³/mol. The van der Waals surface area contributed by atoms with Crippen LogP contribution >= 0.6 is 0 Å². The molecule has 1 heterocycles. The van der Waals surface area contributed by atoms with Crippen LogP contribution in [0.15, 0.2) is 12.3 Å². The van der Waals surface area contributed by atoms with Crippen molar-refractivity contribution in [1.82, 2.24) is 10.2 Å². The van der Waals surface area contributed by atoms with Crippen molar-refractivity contribution in [2.45, 2.75) is 6.35 Å². The molecule has 0 aromatic rings. The van der Waals surface area contributed by atoms with Gasteiger partial charge in [0.1, 0.15) is 0 Å². The van der Waals surface area contributed by atoms with Gasteiger partial charge in [-0.2, -0.15) is 0 Å². The molecule has 0 saturated heterocycles. The van der Waals surface area contributed by atoms with E-state index >= 15 is 0 Å². The topological polar surface area (TPSA) is 35.5 Å². The minimum absolute atomic E-state index is 0.500. The van der Waals surface area contributed by atoms with Gasteiger partial charge < -0.3 is 10.0 Å². The molecule has 3 heteroatoms. The molecule has 0 aromatic carbocycles. The van der Waals surface area contributed by atoms with Crippen molar-refractivity contribution in [2.75, 3.05) is 13.6 Å². The quantitative estimate of drug-likeness (QED) is 0.437. The van der Waals surface area contributed by atoms with Gasteiger partial charge in [-0.15, -0.1) is 0 Å². The minimum Gasteiger partial charge on any atom is -0.361 e. The van der Waals surface area contributed by atoms with Crippen molar-refractivity contribution in [3.63, 3.8) is 0 Å². The fourth-order valence-corrected chi connectivity index (χ4v) is 0.618. The highest BCUT2D eigenvalue weighted by Crippen LogP contribution is 1.93. The Morgan fingerprint density at radius 2 is 2.62 bits per heavy atom. The Balaban J connectivity index is 2.47. The number of hydrogen-bond acceptors (Lipinski definition) is 3. The Labute approximate surface area is 48.6 Å². The lowest BCUT2D eigenvalue weighted by molar-refractivity contribution is 0.0211. The van der Waals surface area contributed by atoms with Crippen molar-refractivity contribution in [3.8, 4) is 0 Å². The summed E-state index contributed by atoms with van der Waals surface area (Å²) in [6.45, 7) is 0.755. The Hall–Kier alpha value is -0.540. The summed E-state index contributed by atoms with van der Waals surface area (Å²) in [7, 11) is 1.81. The molecule has 0 saturated carbocycles. The zero-order chi connectivity index (χ0) is 5.98. The van der Waals surface area contributed by atoms with Crippen molar-refractivity contribution < 1.29 is 5.11 Å². The minimum atomic E-state index is -0.500. The molecule has 0 bridgehead atoms. The summed E-state index contributed by atoms with van der Waals surface area (Å²) in [5, 5.41) is 11.8. The monoisotopic (exact) mass is 114 g/mol. The lowest BCUT2D eigenvalue weighted by Gasteiger charge is -2.25. The van der Waals surface area contributed by atoms with E-state index in [-0.39, 0.29) is 0 Å². The van der Waals surface area contributed by atoms with E-state index in [1.807, 2.05) is 19.3 Å². The zero-order valence-corrected chi connectivity index (χ0v) is 4.83. The third kappa shape index (κ3) is 0.993. The van der Waals surface area contributed by atoms with Crippen LogP contribution in [0.25, 0.3) is 0 Å². The van der Waals surface area contributed by atoms with Crippen LogP contribution in [0.5, 0.6) is 0 Å². The smallest absolute Gasteiger partial charge is 0.183 e. The van der Waals surface area contributed by atoms with Gasteiger partial charge in [-0.05, 0) is 6.20 Å². The molecule has 8 heavy (non-hydrogen) atoms. The first-order valence-electron chi connectivity index (χ1n) is 2.61. The number of rotatable bonds is 0. The van der Waals surface area contributed by atoms with Crippen LogP contribution in [-0.2, 0) is 0 Å². The maximum atomic E-state index is 8.94. The fraction of sp³-hybridized carbons (Fsp3) is 0.600. The van der Waals surface area contributed by atoms with E-state index in [1.165, 1.54) is 0 Å². The van der Waals surface area contributed by atoms with Crippen LogP contribution in [-0.4, -0.2) is 30.0 Å². The summed E-state index contributed by atoms with van der Waals surface area (Å²) in [5.74, 6) is 0. The first kappa shape index (κ1) is 5.59. The second-order valence-corrected chi connectivity index (χ2v) is 1.83. The second-order valence-electron chi connectivity index (χ2n) is 1.83. The normalized spacial score (nSPS) is 28.8. The molecule has 46 valence electrons. The highest BCUT2D eigenvalue weighted by molar-refractivity contribution is 4.88. The molecule has 1 aliphatic heterocycles. The third-order valence-corrected chi connectivity index (χ3v) is 1.14. The molecule has 0 radical (unpaired) electrons. The predicted octanol–water partition coefficient (Wildman–Crippen LogP) is -0.689. The van der Waals surface area contributed by atoms with Gasteiger partial charge in [0.05, 0.1) is 0 Å². The molecule has 1 rings (SSSR count). The molecule has 0 aliphatic carbocycles. The summed E-state index contributed by atoms with van der Waals surface area (Å²) in [4.78, 5) is 1.70. The van der Waals surface area contributed by atoms with Gasteiger partial charge in [0, 0.05) is 13.6 Å². The number of hydrogen-bond donors (Lipinski definition) is 2. The van der Waals surface area contributed by atoms with Crippen LogP contribution in [0.3, 0.4) is 0 Å². The highest BCUT2D eigenvalue weighted by atomic mass is 16.3. The highest BCUT2D eigenvalue weighted by Gasteiger charge is 2.06. The Kier molecular flexibility index (Phi) is 1.50. The van der Waals surface area contributed by atoms with Crippen molar-refractivity contribution >= 4 is 0 Å². The number of aliphatic hydroxyl groups is 1. The standard InChI is InChI=1S/C5H10N2O/c1-7-4-2-3-6-5(7)8/h2,4-6,8H,3H2,1H3. The van der Waals surface area contributed by atoms with E-state index in [9.17, 15) is 0 Å². The van der Waals surface area contributed by atoms with Crippen molar-refractivity contribution in [1.29, 1.82) is 0 Å². The number of nitrogens with zero attached hydrogens (tertiary/aromatic N) is 1. The van der Waals surface area contributed by atoms with Gasteiger partial charge in [-0.25, -0.2) is 0 Å². The molecule has 0 amide bonds. The molecule has 1 unspecified atom stereocenters. The van der Waals surface area contributed by atoms with Crippen LogP contribution < -0.4 is 5.32 Å². The van der Waals surface area contributed by atoms with E-state index in [4.69, 9.17) is 5.11 Å². The SMILES string of the molecule is CN1C=CCNC1O. The molecular formula is C5H10N2O. The molecule has 1 aliphatic rings. The van der Waals surface area contributed by atoms with E-state index in [1.54, 1.807) is 4.90 Å². The van der Waals surface area contributed by atoms with Crippen LogP contribution in [0.1, 0.15) is 0 Å². The van der Waals surface area contributed by atoms with Crippen LogP contribution in [0.2, 0.25) is 0 Å². The summed E-state index contributed by atoms with van der Waals surface area (Å²) in [5.41, 5.74) is 0. The van der Waals surface area contributed by atoms with Crippen molar-refractivity contribution in [3.05, 3.63) is 12.3 Å². The fourth-order valence-electron chi connectivity index (χ4n) is 0.618. The van der Waals surface area contributed by atoms with Gasteiger partial charge >= 0.3 is 0 Å². The Morgan fingerprint density at radius 3 is 3.00 bits per heavy atom. The van der Waals surface area contributed by atoms with Crippen LogP contribution in [0.4, 0.5) is 0 Å².